The van der Waals surface area contributed by atoms with Crippen molar-refractivity contribution in [3.05, 3.63) is 64.7 Å². The number of rotatable bonds is 4. The Labute approximate surface area is 124 Å². The second kappa shape index (κ2) is 6.25. The van der Waals surface area contributed by atoms with Crippen LogP contribution in [0.2, 0.25) is 0 Å². The van der Waals surface area contributed by atoms with E-state index in [-0.39, 0.29) is 5.56 Å². The number of hydrogen-bond donors (Lipinski definition) is 1. The minimum atomic E-state index is -2.41. The van der Waals surface area contributed by atoms with Crippen LogP contribution in [0.1, 0.15) is 41.5 Å². The van der Waals surface area contributed by atoms with Gasteiger partial charge in [-0.2, -0.15) is 0 Å². The van der Waals surface area contributed by atoms with Gasteiger partial charge in [0.15, 0.2) is 0 Å². The van der Waals surface area contributed by atoms with Gasteiger partial charge >= 0.3 is 0 Å². The Morgan fingerprint density at radius 2 is 1.81 bits per heavy atom. The van der Waals surface area contributed by atoms with Crippen LogP contribution in [0, 0.1) is 0 Å². The number of hydrogen-bond acceptors (Lipinski definition) is 1. The molecule has 0 aliphatic heterocycles. The Hall–Kier alpha value is -1.90. The zero-order chi connectivity index (χ0) is 14.7. The normalized spacial score (nSPS) is 14.0. The molecule has 21 heavy (non-hydrogen) atoms. The van der Waals surface area contributed by atoms with Gasteiger partial charge in [-0.1, -0.05) is 30.3 Å². The van der Waals surface area contributed by atoms with Crippen LogP contribution in [0.5, 0.6) is 0 Å². The Morgan fingerprint density at radius 1 is 1.00 bits per heavy atom. The third kappa shape index (κ3) is 3.23. The molecule has 0 atom stereocenters. The highest BCUT2D eigenvalue weighted by Crippen LogP contribution is 2.28. The quantitative estimate of drug-likeness (QED) is 0.823. The van der Waals surface area contributed by atoms with Gasteiger partial charge in [-0.05, 0) is 54.5 Å². The summed E-state index contributed by atoms with van der Waals surface area (Å²) in [6.07, 6.45) is 2.33. The molecule has 3 rings (SSSR count). The average Bonchev–Trinajstić information content (AvgIpc) is 2.53. The first-order valence-corrected chi connectivity index (χ1v) is 7.45. The number of nitrogens with one attached hydrogen (secondary N) is 1. The van der Waals surface area contributed by atoms with Gasteiger partial charge in [0.1, 0.15) is 0 Å². The summed E-state index contributed by atoms with van der Waals surface area (Å²) in [5.41, 5.74) is 4.95. The molecule has 0 fully saturated rings. The van der Waals surface area contributed by atoms with E-state index in [1.54, 1.807) is 12.1 Å². The topological polar surface area (TPSA) is 12.0 Å². The van der Waals surface area contributed by atoms with Crippen molar-refractivity contribution in [2.45, 2.75) is 38.7 Å². The lowest BCUT2D eigenvalue weighted by Crippen LogP contribution is -2.08. The van der Waals surface area contributed by atoms with E-state index in [9.17, 15) is 8.78 Å². The highest BCUT2D eigenvalue weighted by molar-refractivity contribution is 5.56. The minimum absolute atomic E-state index is 0.0874. The molecule has 1 N–H and O–H groups in total. The van der Waals surface area contributed by atoms with Gasteiger partial charge in [0, 0.05) is 17.8 Å². The van der Waals surface area contributed by atoms with Crippen molar-refractivity contribution in [1.82, 2.24) is 0 Å². The summed E-state index contributed by atoms with van der Waals surface area (Å²) in [4.78, 5) is 0. The van der Waals surface area contributed by atoms with Crippen molar-refractivity contribution >= 4 is 5.69 Å². The number of benzene rings is 2. The van der Waals surface area contributed by atoms with E-state index < -0.39 is 6.43 Å². The molecule has 0 spiro atoms. The molecule has 1 aliphatic carbocycles. The minimum Gasteiger partial charge on any atom is -0.381 e. The van der Waals surface area contributed by atoms with Crippen molar-refractivity contribution < 1.29 is 8.78 Å². The fourth-order valence-electron chi connectivity index (χ4n) is 2.98. The van der Waals surface area contributed by atoms with E-state index in [1.165, 1.54) is 30.0 Å². The summed E-state index contributed by atoms with van der Waals surface area (Å²) in [5.74, 6) is 0. The Morgan fingerprint density at radius 3 is 2.67 bits per heavy atom. The maximum absolute atomic E-state index is 12.7. The van der Waals surface area contributed by atoms with Crippen LogP contribution >= 0.6 is 0 Å². The Bertz CT molecular complexity index is 622. The van der Waals surface area contributed by atoms with E-state index >= 15 is 0 Å². The van der Waals surface area contributed by atoms with Crippen molar-refractivity contribution in [2.75, 3.05) is 5.32 Å². The van der Waals surface area contributed by atoms with Gasteiger partial charge in [-0.3, -0.25) is 0 Å². The number of halogens is 2. The SMILES string of the molecule is FC(F)c1cccc(CNc2cccc3c2CCCC3)c1. The molecule has 0 unspecified atom stereocenters. The molecule has 3 heteroatoms. The molecule has 2 aromatic rings. The summed E-state index contributed by atoms with van der Waals surface area (Å²) in [6.45, 7) is 0.580. The summed E-state index contributed by atoms with van der Waals surface area (Å²) in [7, 11) is 0. The molecule has 1 nitrogen and oxygen atoms in total. The van der Waals surface area contributed by atoms with Gasteiger partial charge in [0.2, 0.25) is 0 Å². The molecule has 1 aliphatic rings. The molecular weight excluding hydrogens is 268 g/mol. The zero-order valence-corrected chi connectivity index (χ0v) is 11.9. The third-order valence-electron chi connectivity index (χ3n) is 4.08. The standard InChI is InChI=1S/C18H19F2N/c19-18(20)15-8-3-5-13(11-15)12-21-17-10-4-7-14-6-1-2-9-16(14)17/h3-5,7-8,10-11,18,21H,1-2,6,9,12H2. The maximum atomic E-state index is 12.7. The summed E-state index contributed by atoms with van der Waals surface area (Å²) < 4.78 is 25.4. The number of fused-ring (bicyclic) bond motifs is 1. The second-order valence-corrected chi connectivity index (χ2v) is 5.55. The predicted octanol–water partition coefficient (Wildman–Crippen LogP) is 5.12. The van der Waals surface area contributed by atoms with Gasteiger partial charge in [0.25, 0.3) is 6.43 Å². The van der Waals surface area contributed by atoms with Gasteiger partial charge in [0.05, 0.1) is 0 Å². The maximum Gasteiger partial charge on any atom is 0.263 e. The van der Waals surface area contributed by atoms with E-state index in [0.717, 1.165) is 24.1 Å². The number of anilines is 1. The Balaban J connectivity index is 1.75. The number of alkyl halides is 2. The van der Waals surface area contributed by atoms with Crippen molar-refractivity contribution in [3.8, 4) is 0 Å². The average molecular weight is 287 g/mol. The van der Waals surface area contributed by atoms with E-state index in [1.807, 2.05) is 6.07 Å². The first kappa shape index (κ1) is 14.1. The summed E-state index contributed by atoms with van der Waals surface area (Å²) >= 11 is 0. The fraction of sp³-hybridized carbons (Fsp3) is 0.333. The monoisotopic (exact) mass is 287 g/mol. The molecule has 0 saturated carbocycles. The van der Waals surface area contributed by atoms with Crippen molar-refractivity contribution in [1.29, 1.82) is 0 Å². The first-order chi connectivity index (χ1) is 10.2. The first-order valence-electron chi connectivity index (χ1n) is 7.45. The second-order valence-electron chi connectivity index (χ2n) is 5.55. The molecule has 0 amide bonds. The lowest BCUT2D eigenvalue weighted by molar-refractivity contribution is 0.151. The zero-order valence-electron chi connectivity index (χ0n) is 11.9. The number of aryl methyl sites for hydroxylation is 1. The smallest absolute Gasteiger partial charge is 0.263 e. The van der Waals surface area contributed by atoms with Crippen LogP contribution in [0.4, 0.5) is 14.5 Å². The molecule has 0 heterocycles. The summed E-state index contributed by atoms with van der Waals surface area (Å²) in [6, 6.07) is 13.0. The lowest BCUT2D eigenvalue weighted by atomic mass is 9.90. The van der Waals surface area contributed by atoms with Gasteiger partial charge < -0.3 is 5.32 Å². The van der Waals surface area contributed by atoms with E-state index in [4.69, 9.17) is 0 Å². The molecule has 0 aromatic heterocycles. The van der Waals surface area contributed by atoms with Crippen LogP contribution in [-0.4, -0.2) is 0 Å². The van der Waals surface area contributed by atoms with Crippen LogP contribution in [0.15, 0.2) is 42.5 Å². The van der Waals surface area contributed by atoms with Crippen LogP contribution in [0.25, 0.3) is 0 Å². The molecule has 0 radical (unpaired) electrons. The van der Waals surface area contributed by atoms with Gasteiger partial charge in [-0.15, -0.1) is 0 Å². The third-order valence-corrected chi connectivity index (χ3v) is 4.08. The van der Waals surface area contributed by atoms with Crippen LogP contribution < -0.4 is 5.32 Å². The van der Waals surface area contributed by atoms with Gasteiger partial charge in [-0.25, -0.2) is 8.78 Å². The highest BCUT2D eigenvalue weighted by Gasteiger charge is 2.13. The largest absolute Gasteiger partial charge is 0.381 e. The van der Waals surface area contributed by atoms with Crippen molar-refractivity contribution in [3.63, 3.8) is 0 Å². The summed E-state index contributed by atoms with van der Waals surface area (Å²) in [5, 5.41) is 3.41. The Kier molecular flexibility index (Phi) is 4.18. The molecule has 0 bridgehead atoms. The van der Waals surface area contributed by atoms with Crippen molar-refractivity contribution in [2.24, 2.45) is 0 Å². The molecular formula is C18H19F2N. The molecule has 0 saturated heterocycles. The van der Waals surface area contributed by atoms with E-state index in [2.05, 4.69) is 23.5 Å². The predicted molar refractivity (Wildman–Crippen MR) is 81.8 cm³/mol. The fourth-order valence-corrected chi connectivity index (χ4v) is 2.98. The van der Waals surface area contributed by atoms with E-state index in [0.29, 0.717) is 6.54 Å². The van der Waals surface area contributed by atoms with Crippen LogP contribution in [-0.2, 0) is 19.4 Å². The van der Waals surface area contributed by atoms with Crippen LogP contribution in [0.3, 0.4) is 0 Å². The highest BCUT2D eigenvalue weighted by atomic mass is 19.3. The molecule has 110 valence electrons. The molecule has 2 aromatic carbocycles. The lowest BCUT2D eigenvalue weighted by Gasteiger charge is -2.20.